The van der Waals surface area contributed by atoms with Gasteiger partial charge >= 0.3 is 47.6 Å². The van der Waals surface area contributed by atoms with E-state index in [2.05, 4.69) is 0 Å². The maximum absolute atomic E-state index is 14.0. The van der Waals surface area contributed by atoms with E-state index in [0.717, 1.165) is 11.0 Å². The smallest absolute Gasteiger partial charge is 0.388 e. The second kappa shape index (κ2) is 19.3. The van der Waals surface area contributed by atoms with Crippen LogP contribution in [0.4, 0.5) is 74.6 Å². The minimum atomic E-state index is -8.60. The molecule has 5 nitrogen and oxygen atoms in total. The second-order valence-corrected chi connectivity index (χ2v) is 13.0. The molecule has 0 bridgehead atoms. The molecule has 0 aliphatic heterocycles. The van der Waals surface area contributed by atoms with Crippen molar-refractivity contribution in [3.63, 3.8) is 0 Å². The van der Waals surface area contributed by atoms with Crippen molar-refractivity contribution < 1.29 is 98.4 Å². The molecule has 0 aromatic heterocycles. The number of hydrogen-bond acceptors (Lipinski definition) is 4. The Labute approximate surface area is 284 Å². The van der Waals surface area contributed by atoms with Gasteiger partial charge in [-0.3, -0.25) is 0 Å². The molecule has 22 heteroatoms. The summed E-state index contributed by atoms with van der Waals surface area (Å²) < 4.78 is 243. The standard InChI is InChI=1S/C29H45F17NO4/c1-47(2,3)14-16-49-17-18-51-20-21(48)19-50-15-12-10-8-6-4-5-7-9-11-13-22(30,31)23(32,33)24(34,35)25(36,37)26(38,39)27(40,41)28(42,43)29(44,45)46/h21,48H,4-20H2,1-3H3/q+1. The average molecular weight is 795 g/mol. The highest BCUT2D eigenvalue weighted by molar-refractivity contribution is 5.15. The molecule has 0 rings (SSSR count). The fourth-order valence-electron chi connectivity index (χ4n) is 4.19. The molecule has 0 aromatic carbocycles. The maximum Gasteiger partial charge on any atom is 0.460 e. The van der Waals surface area contributed by atoms with Crippen molar-refractivity contribution in [3.8, 4) is 0 Å². The summed E-state index contributed by atoms with van der Waals surface area (Å²) in [6.45, 7) is 2.50. The third-order valence-corrected chi connectivity index (χ3v) is 7.47. The van der Waals surface area contributed by atoms with Crippen LogP contribution in [0.15, 0.2) is 0 Å². The van der Waals surface area contributed by atoms with Crippen LogP contribution in [0.3, 0.4) is 0 Å². The first-order valence-corrected chi connectivity index (χ1v) is 15.8. The van der Waals surface area contributed by atoms with Gasteiger partial charge in [0.15, 0.2) is 0 Å². The van der Waals surface area contributed by atoms with E-state index in [-0.39, 0.29) is 19.6 Å². The minimum Gasteiger partial charge on any atom is -0.388 e. The number of aliphatic hydroxyl groups excluding tert-OH is 1. The number of aliphatic hydroxyl groups is 1. The third-order valence-electron chi connectivity index (χ3n) is 7.47. The Morgan fingerprint density at radius 1 is 0.431 bits per heavy atom. The van der Waals surface area contributed by atoms with Gasteiger partial charge in [0.05, 0.1) is 54.2 Å². The summed E-state index contributed by atoms with van der Waals surface area (Å²) in [6.07, 6.45) is -9.08. The summed E-state index contributed by atoms with van der Waals surface area (Å²) >= 11 is 0. The zero-order chi connectivity index (χ0) is 40.2. The molecule has 0 aliphatic rings. The quantitative estimate of drug-likeness (QED) is 0.0489. The lowest BCUT2D eigenvalue weighted by molar-refractivity contribution is -0.870. The summed E-state index contributed by atoms with van der Waals surface area (Å²) in [5.41, 5.74) is 0. The van der Waals surface area contributed by atoms with Gasteiger partial charge in [-0.1, -0.05) is 44.9 Å². The van der Waals surface area contributed by atoms with E-state index in [1.807, 2.05) is 21.1 Å². The van der Waals surface area contributed by atoms with Gasteiger partial charge in [0.2, 0.25) is 0 Å². The number of hydrogen-bond donors (Lipinski definition) is 1. The Hall–Kier alpha value is -1.39. The highest BCUT2D eigenvalue weighted by Crippen LogP contribution is 2.64. The van der Waals surface area contributed by atoms with Crippen LogP contribution in [0.2, 0.25) is 0 Å². The molecule has 1 unspecified atom stereocenters. The fraction of sp³-hybridized carbons (Fsp3) is 1.00. The lowest BCUT2D eigenvalue weighted by Gasteiger charge is -2.42. The number of quaternary nitrogens is 1. The molecule has 0 heterocycles. The number of halogens is 17. The van der Waals surface area contributed by atoms with Gasteiger partial charge in [0, 0.05) is 13.0 Å². The van der Waals surface area contributed by atoms with Crippen LogP contribution in [0, 0.1) is 0 Å². The maximum atomic E-state index is 14.0. The number of likely N-dealkylation sites (N-methyl/N-ethyl adjacent to an activating group) is 1. The fourth-order valence-corrected chi connectivity index (χ4v) is 4.19. The van der Waals surface area contributed by atoms with E-state index in [0.29, 0.717) is 65.0 Å². The van der Waals surface area contributed by atoms with Crippen LogP contribution in [0.25, 0.3) is 0 Å². The van der Waals surface area contributed by atoms with E-state index < -0.39 is 73.0 Å². The number of alkyl halides is 17. The Bertz CT molecular complexity index is 989. The third kappa shape index (κ3) is 13.2. The Morgan fingerprint density at radius 2 is 0.784 bits per heavy atom. The van der Waals surface area contributed by atoms with E-state index in [9.17, 15) is 79.7 Å². The predicted octanol–water partition coefficient (Wildman–Crippen LogP) is 9.01. The first-order chi connectivity index (χ1) is 22.9. The normalized spacial score (nSPS) is 15.5. The van der Waals surface area contributed by atoms with Gasteiger partial charge in [0.1, 0.15) is 12.6 Å². The van der Waals surface area contributed by atoms with E-state index in [1.165, 1.54) is 0 Å². The van der Waals surface area contributed by atoms with Gasteiger partial charge in [-0.15, -0.1) is 0 Å². The molecule has 0 spiro atoms. The van der Waals surface area contributed by atoms with Crippen molar-refractivity contribution in [1.82, 2.24) is 0 Å². The van der Waals surface area contributed by atoms with Crippen molar-refractivity contribution in [2.24, 2.45) is 0 Å². The van der Waals surface area contributed by atoms with Crippen LogP contribution in [-0.2, 0) is 14.2 Å². The van der Waals surface area contributed by atoms with Crippen molar-refractivity contribution in [3.05, 3.63) is 0 Å². The number of ether oxygens (including phenoxy) is 3. The summed E-state index contributed by atoms with van der Waals surface area (Å²) in [5.74, 6) is -55.9. The SMILES string of the molecule is C[N+](C)(C)CCOCCOCC(O)COCCCCCCCCCCCC(F)(F)C(F)(F)C(F)(F)C(F)(F)C(F)(F)C(F)(F)C(F)(F)C(F)(F)F. The Kier molecular flexibility index (Phi) is 18.7. The van der Waals surface area contributed by atoms with Gasteiger partial charge in [0.25, 0.3) is 0 Å². The van der Waals surface area contributed by atoms with Crippen LogP contribution in [-0.4, -0.2) is 131 Å². The van der Waals surface area contributed by atoms with E-state index >= 15 is 0 Å². The molecule has 1 N–H and O–H groups in total. The molecule has 0 saturated heterocycles. The van der Waals surface area contributed by atoms with Gasteiger partial charge < -0.3 is 23.8 Å². The van der Waals surface area contributed by atoms with Gasteiger partial charge in [-0.2, -0.15) is 74.6 Å². The summed E-state index contributed by atoms with van der Waals surface area (Å²) in [4.78, 5) is 0. The zero-order valence-corrected chi connectivity index (χ0v) is 28.1. The minimum absolute atomic E-state index is 0.0242. The highest BCUT2D eigenvalue weighted by Gasteiger charge is 2.95. The average Bonchev–Trinajstić information content (AvgIpc) is 2.97. The van der Waals surface area contributed by atoms with Crippen molar-refractivity contribution >= 4 is 0 Å². The molecule has 0 radical (unpaired) electrons. The largest absolute Gasteiger partial charge is 0.460 e. The molecule has 0 aliphatic carbocycles. The second-order valence-electron chi connectivity index (χ2n) is 13.0. The zero-order valence-electron chi connectivity index (χ0n) is 28.1. The molecule has 0 aromatic rings. The predicted molar refractivity (Wildman–Crippen MR) is 148 cm³/mol. The summed E-state index contributed by atoms with van der Waals surface area (Å²) in [5, 5.41) is 9.83. The molecule has 308 valence electrons. The molecule has 0 amide bonds. The van der Waals surface area contributed by atoms with Crippen molar-refractivity contribution in [1.29, 1.82) is 0 Å². The molecule has 51 heavy (non-hydrogen) atoms. The molecular formula is C29H45F17NO4+. The van der Waals surface area contributed by atoms with Crippen LogP contribution in [0.1, 0.15) is 64.2 Å². The summed E-state index contributed by atoms with van der Waals surface area (Å²) in [7, 11) is 6.08. The Morgan fingerprint density at radius 3 is 1.22 bits per heavy atom. The molecule has 1 atom stereocenters. The summed E-state index contributed by atoms with van der Waals surface area (Å²) in [6, 6.07) is 0. The lowest BCUT2D eigenvalue weighted by atomic mass is 9.87. The van der Waals surface area contributed by atoms with Crippen molar-refractivity contribution in [2.75, 3.05) is 67.3 Å². The number of nitrogens with zero attached hydrogens (tertiary/aromatic N) is 1. The van der Waals surface area contributed by atoms with Gasteiger partial charge in [-0.05, 0) is 12.8 Å². The number of rotatable bonds is 28. The Balaban J connectivity index is 4.49. The monoisotopic (exact) mass is 794 g/mol. The van der Waals surface area contributed by atoms with E-state index in [1.54, 1.807) is 0 Å². The van der Waals surface area contributed by atoms with Crippen LogP contribution < -0.4 is 0 Å². The molecule has 0 saturated carbocycles. The van der Waals surface area contributed by atoms with Crippen LogP contribution >= 0.6 is 0 Å². The first kappa shape index (κ1) is 49.6. The highest BCUT2D eigenvalue weighted by atomic mass is 19.4. The number of unbranched alkanes of at least 4 members (excludes halogenated alkanes) is 8. The van der Waals surface area contributed by atoms with Crippen molar-refractivity contribution in [2.45, 2.75) is 118 Å². The topological polar surface area (TPSA) is 47.9 Å². The molecule has 0 fully saturated rings. The first-order valence-electron chi connectivity index (χ1n) is 15.8. The molecular weight excluding hydrogens is 749 g/mol. The van der Waals surface area contributed by atoms with Gasteiger partial charge in [-0.25, -0.2) is 0 Å². The van der Waals surface area contributed by atoms with E-state index in [4.69, 9.17) is 14.2 Å². The lowest BCUT2D eigenvalue weighted by Crippen LogP contribution is -2.74. The van der Waals surface area contributed by atoms with Crippen LogP contribution in [0.5, 0.6) is 0 Å².